The summed E-state index contributed by atoms with van der Waals surface area (Å²) in [4.78, 5) is 11.5. The second kappa shape index (κ2) is 5.19. The first-order chi connectivity index (χ1) is 6.00. The molecule has 0 aliphatic heterocycles. The van der Waals surface area contributed by atoms with Crippen molar-refractivity contribution in [3.05, 3.63) is 0 Å². The lowest BCUT2D eigenvalue weighted by Crippen LogP contribution is -2.55. The van der Waals surface area contributed by atoms with Crippen molar-refractivity contribution in [1.29, 1.82) is 0 Å². The van der Waals surface area contributed by atoms with Crippen LogP contribution in [0.3, 0.4) is 0 Å². The van der Waals surface area contributed by atoms with Crippen molar-refractivity contribution >= 4 is 5.91 Å². The molecule has 0 aromatic rings. The summed E-state index contributed by atoms with van der Waals surface area (Å²) in [6.07, 6.45) is 1.21. The molecule has 78 valence electrons. The third-order valence-corrected chi connectivity index (χ3v) is 2.37. The molecule has 0 rings (SSSR count). The predicted octanol–water partition coefficient (Wildman–Crippen LogP) is 0.000900. The molecule has 0 aromatic carbocycles. The molecule has 0 aromatic heterocycles. The molecule has 0 saturated carbocycles. The van der Waals surface area contributed by atoms with Crippen LogP contribution in [0.4, 0.5) is 0 Å². The fraction of sp³-hybridized carbons (Fsp3) is 0.889. The summed E-state index contributed by atoms with van der Waals surface area (Å²) in [6, 6.07) is -0.228. The van der Waals surface area contributed by atoms with Crippen molar-refractivity contribution in [3.63, 3.8) is 0 Å². The van der Waals surface area contributed by atoms with Crippen molar-refractivity contribution in [3.8, 4) is 0 Å². The van der Waals surface area contributed by atoms with E-state index in [1.807, 2.05) is 13.8 Å². The normalized spacial score (nSPS) is 13.9. The number of amides is 1. The Bertz CT molecular complexity index is 167. The Morgan fingerprint density at radius 1 is 1.54 bits per heavy atom. The van der Waals surface area contributed by atoms with E-state index < -0.39 is 5.54 Å². The Labute approximate surface area is 79.5 Å². The van der Waals surface area contributed by atoms with E-state index in [2.05, 4.69) is 5.32 Å². The van der Waals surface area contributed by atoms with Crippen LogP contribution in [-0.4, -0.2) is 29.2 Å². The molecule has 0 aliphatic rings. The van der Waals surface area contributed by atoms with Gasteiger partial charge in [0.05, 0.1) is 12.1 Å². The van der Waals surface area contributed by atoms with Crippen LogP contribution in [0, 0.1) is 0 Å². The largest absolute Gasteiger partial charge is 0.394 e. The zero-order valence-corrected chi connectivity index (χ0v) is 8.63. The highest BCUT2D eigenvalue weighted by Crippen LogP contribution is 2.11. The maximum Gasteiger partial charge on any atom is 0.240 e. The molecular formula is C9H20N2O2. The quantitative estimate of drug-likeness (QED) is 0.568. The van der Waals surface area contributed by atoms with Crippen LogP contribution in [0.5, 0.6) is 0 Å². The van der Waals surface area contributed by atoms with Gasteiger partial charge in [0, 0.05) is 6.04 Å². The summed E-state index contributed by atoms with van der Waals surface area (Å²) in [5, 5.41) is 11.4. The van der Waals surface area contributed by atoms with Gasteiger partial charge in [-0.2, -0.15) is 0 Å². The fourth-order valence-corrected chi connectivity index (χ4v) is 0.984. The third kappa shape index (κ3) is 3.32. The summed E-state index contributed by atoms with van der Waals surface area (Å²) >= 11 is 0. The summed E-state index contributed by atoms with van der Waals surface area (Å²) in [5.74, 6) is -0.181. The van der Waals surface area contributed by atoms with E-state index in [4.69, 9.17) is 10.8 Å². The molecule has 4 N–H and O–H groups in total. The summed E-state index contributed by atoms with van der Waals surface area (Å²) in [6.45, 7) is 5.44. The van der Waals surface area contributed by atoms with Gasteiger partial charge in [-0.25, -0.2) is 0 Å². The molecule has 0 fully saturated rings. The number of aliphatic hydroxyl groups is 1. The average molecular weight is 188 g/mol. The molecule has 1 unspecified atom stereocenters. The Morgan fingerprint density at radius 2 is 2.00 bits per heavy atom. The number of nitrogens with two attached hydrogens (primary N) is 1. The van der Waals surface area contributed by atoms with Crippen LogP contribution in [0.15, 0.2) is 0 Å². The maximum absolute atomic E-state index is 11.5. The monoisotopic (exact) mass is 188 g/mol. The molecule has 4 nitrogen and oxygen atoms in total. The number of hydrogen-bond donors (Lipinski definition) is 3. The highest BCUT2D eigenvalue weighted by molar-refractivity contribution is 5.86. The van der Waals surface area contributed by atoms with E-state index in [-0.39, 0.29) is 18.6 Å². The molecule has 0 bridgehead atoms. The van der Waals surface area contributed by atoms with Crippen molar-refractivity contribution < 1.29 is 9.90 Å². The Morgan fingerprint density at radius 3 is 2.31 bits per heavy atom. The van der Waals surface area contributed by atoms with Crippen LogP contribution in [0.2, 0.25) is 0 Å². The van der Waals surface area contributed by atoms with Gasteiger partial charge in [-0.1, -0.05) is 13.8 Å². The first-order valence-electron chi connectivity index (χ1n) is 4.70. The minimum atomic E-state index is -0.788. The minimum absolute atomic E-state index is 0.0603. The van der Waals surface area contributed by atoms with Gasteiger partial charge in [-0.05, 0) is 19.8 Å². The number of aliphatic hydroxyl groups excluding tert-OH is 1. The summed E-state index contributed by atoms with van der Waals surface area (Å²) in [7, 11) is 0. The zero-order valence-electron chi connectivity index (χ0n) is 8.63. The molecule has 0 spiro atoms. The lowest BCUT2D eigenvalue weighted by Gasteiger charge is -2.26. The van der Waals surface area contributed by atoms with Gasteiger partial charge in [0.25, 0.3) is 0 Å². The van der Waals surface area contributed by atoms with Crippen molar-refractivity contribution in [2.45, 2.75) is 45.2 Å². The molecular weight excluding hydrogens is 168 g/mol. The fourth-order valence-electron chi connectivity index (χ4n) is 0.984. The van der Waals surface area contributed by atoms with E-state index in [9.17, 15) is 4.79 Å². The smallest absolute Gasteiger partial charge is 0.240 e. The second-order valence-electron chi connectivity index (χ2n) is 3.42. The highest BCUT2D eigenvalue weighted by Gasteiger charge is 2.30. The highest BCUT2D eigenvalue weighted by atomic mass is 16.3. The molecule has 13 heavy (non-hydrogen) atoms. The number of hydrogen-bond acceptors (Lipinski definition) is 3. The lowest BCUT2D eigenvalue weighted by molar-refractivity contribution is -0.127. The van der Waals surface area contributed by atoms with Gasteiger partial charge in [0.1, 0.15) is 0 Å². The number of nitrogens with one attached hydrogen (secondary N) is 1. The third-order valence-electron chi connectivity index (χ3n) is 2.37. The predicted molar refractivity (Wildman–Crippen MR) is 52.2 cm³/mol. The maximum atomic E-state index is 11.5. The Hall–Kier alpha value is -0.610. The van der Waals surface area contributed by atoms with E-state index in [0.717, 1.165) is 0 Å². The molecule has 0 aliphatic carbocycles. The Kier molecular flexibility index (Phi) is 4.95. The van der Waals surface area contributed by atoms with Gasteiger partial charge in [0.15, 0.2) is 0 Å². The zero-order chi connectivity index (χ0) is 10.5. The summed E-state index contributed by atoms with van der Waals surface area (Å²) in [5.41, 5.74) is 5.06. The van der Waals surface area contributed by atoms with Crippen molar-refractivity contribution in [2.24, 2.45) is 5.73 Å². The average Bonchev–Trinajstić information content (AvgIpc) is 2.16. The molecule has 1 atom stereocenters. The van der Waals surface area contributed by atoms with Crippen LogP contribution in [0.25, 0.3) is 0 Å². The van der Waals surface area contributed by atoms with Crippen LogP contribution in [0.1, 0.15) is 33.6 Å². The first kappa shape index (κ1) is 12.4. The number of rotatable bonds is 5. The van der Waals surface area contributed by atoms with Gasteiger partial charge < -0.3 is 16.2 Å². The topological polar surface area (TPSA) is 75.4 Å². The summed E-state index contributed by atoms with van der Waals surface area (Å²) < 4.78 is 0. The second-order valence-corrected chi connectivity index (χ2v) is 3.42. The molecule has 0 saturated heterocycles. The molecule has 4 heteroatoms. The van der Waals surface area contributed by atoms with E-state index in [1.165, 1.54) is 0 Å². The van der Waals surface area contributed by atoms with Crippen molar-refractivity contribution in [1.82, 2.24) is 5.32 Å². The van der Waals surface area contributed by atoms with Gasteiger partial charge in [0.2, 0.25) is 5.91 Å². The minimum Gasteiger partial charge on any atom is -0.394 e. The molecule has 0 heterocycles. The van der Waals surface area contributed by atoms with Crippen molar-refractivity contribution in [2.75, 3.05) is 6.61 Å². The van der Waals surface area contributed by atoms with Crippen LogP contribution >= 0.6 is 0 Å². The standard InChI is InChI=1S/C9H20N2O2/c1-4-9(10,5-2)8(13)11-7(3)6-12/h7,12H,4-6,10H2,1-3H3,(H,11,13). The number of carbonyl (C=O) groups is 1. The SMILES string of the molecule is CCC(N)(CC)C(=O)NC(C)CO. The van der Waals surface area contributed by atoms with Gasteiger partial charge >= 0.3 is 0 Å². The molecule has 0 radical (unpaired) electrons. The number of carbonyl (C=O) groups excluding carboxylic acids is 1. The van der Waals surface area contributed by atoms with E-state index in [1.54, 1.807) is 6.92 Å². The lowest BCUT2D eigenvalue weighted by atomic mass is 9.93. The Balaban J connectivity index is 4.22. The van der Waals surface area contributed by atoms with Crippen LogP contribution < -0.4 is 11.1 Å². The van der Waals surface area contributed by atoms with Gasteiger partial charge in [-0.15, -0.1) is 0 Å². The first-order valence-corrected chi connectivity index (χ1v) is 4.70. The van der Waals surface area contributed by atoms with Crippen LogP contribution in [-0.2, 0) is 4.79 Å². The van der Waals surface area contributed by atoms with Gasteiger partial charge in [-0.3, -0.25) is 4.79 Å². The molecule has 1 amide bonds. The van der Waals surface area contributed by atoms with E-state index in [0.29, 0.717) is 12.8 Å². The van der Waals surface area contributed by atoms with E-state index >= 15 is 0 Å².